The Kier molecular flexibility index (Phi) is 6.50. The van der Waals surface area contributed by atoms with Crippen molar-refractivity contribution in [1.29, 1.82) is 0 Å². The molecule has 1 aromatic heterocycles. The van der Waals surface area contributed by atoms with E-state index in [1.165, 1.54) is 16.7 Å². The van der Waals surface area contributed by atoms with Crippen LogP contribution < -0.4 is 11.2 Å². The average Bonchev–Trinajstić information content (AvgIpc) is 2.79. The number of piperidine rings is 1. The van der Waals surface area contributed by atoms with Crippen LogP contribution in [0.15, 0.2) is 58.1 Å². The second-order valence-electron chi connectivity index (χ2n) is 8.33. The molecule has 0 amide bonds. The van der Waals surface area contributed by atoms with Gasteiger partial charge in [0.15, 0.2) is 0 Å². The Balaban J connectivity index is 1.35. The number of benzene rings is 2. The lowest BCUT2D eigenvalue weighted by molar-refractivity contribution is -0.144. The predicted octanol–water partition coefficient (Wildman–Crippen LogP) is 2.80. The molecule has 32 heavy (non-hydrogen) atoms. The van der Waals surface area contributed by atoms with E-state index in [9.17, 15) is 23.9 Å². The van der Waals surface area contributed by atoms with Gasteiger partial charge in [0.2, 0.25) is 0 Å². The molecule has 4 rings (SSSR count). The van der Waals surface area contributed by atoms with Crippen molar-refractivity contribution < 1.29 is 14.3 Å². The molecule has 1 aliphatic rings. The Morgan fingerprint density at radius 2 is 1.78 bits per heavy atom. The number of rotatable bonds is 7. The number of aromatic nitrogens is 2. The van der Waals surface area contributed by atoms with E-state index in [1.54, 1.807) is 36.4 Å². The molecule has 1 aliphatic heterocycles. The van der Waals surface area contributed by atoms with E-state index in [0.717, 1.165) is 18.5 Å². The zero-order valence-electron chi connectivity index (χ0n) is 17.7. The number of unbranched alkanes of at least 4 members (excludes halogenated alkanes) is 1. The van der Waals surface area contributed by atoms with Crippen molar-refractivity contribution in [1.82, 2.24) is 14.5 Å². The van der Waals surface area contributed by atoms with Gasteiger partial charge in [-0.3, -0.25) is 14.2 Å². The van der Waals surface area contributed by atoms with Gasteiger partial charge in [0.05, 0.1) is 16.8 Å². The molecular weight excluding hydrogens is 413 g/mol. The first-order chi connectivity index (χ1) is 15.4. The number of hydrogen-bond donors (Lipinski definition) is 2. The zero-order chi connectivity index (χ0) is 22.7. The summed E-state index contributed by atoms with van der Waals surface area (Å²) in [4.78, 5) is 41.6. The van der Waals surface area contributed by atoms with Gasteiger partial charge < -0.3 is 15.0 Å². The van der Waals surface area contributed by atoms with Crippen molar-refractivity contribution in [2.24, 2.45) is 5.92 Å². The number of nitrogens with zero attached hydrogens (tertiary/aromatic N) is 2. The first kappa shape index (κ1) is 22.0. The fraction of sp³-hybridized carbons (Fsp3) is 0.375. The fourth-order valence-electron chi connectivity index (χ4n) is 4.59. The predicted molar refractivity (Wildman–Crippen MR) is 119 cm³/mol. The van der Waals surface area contributed by atoms with Crippen LogP contribution in [0.4, 0.5) is 4.39 Å². The number of halogens is 1. The Labute approximate surface area is 184 Å². The van der Waals surface area contributed by atoms with Gasteiger partial charge in [-0.25, -0.2) is 9.18 Å². The normalized spacial score (nSPS) is 19.3. The highest BCUT2D eigenvalue weighted by Gasteiger charge is 2.35. The van der Waals surface area contributed by atoms with Crippen LogP contribution in [0.1, 0.15) is 30.7 Å². The number of para-hydroxylation sites is 1. The number of nitrogens with one attached hydrogen (secondary N) is 1. The number of fused-ring (bicyclic) bond motifs is 1. The lowest BCUT2D eigenvalue weighted by atomic mass is 9.80. The van der Waals surface area contributed by atoms with Crippen molar-refractivity contribution >= 4 is 16.9 Å². The number of H-pyrrole nitrogens is 1. The van der Waals surface area contributed by atoms with Gasteiger partial charge in [-0.2, -0.15) is 0 Å². The highest BCUT2D eigenvalue weighted by Crippen LogP contribution is 2.33. The summed E-state index contributed by atoms with van der Waals surface area (Å²) >= 11 is 0. The molecule has 168 valence electrons. The molecule has 2 unspecified atom stereocenters. The molecule has 2 atom stereocenters. The van der Waals surface area contributed by atoms with Gasteiger partial charge >= 0.3 is 11.7 Å². The van der Waals surface area contributed by atoms with Crippen molar-refractivity contribution in [3.63, 3.8) is 0 Å². The second-order valence-corrected chi connectivity index (χ2v) is 8.33. The number of carbonyl (C=O) groups is 1. The van der Waals surface area contributed by atoms with Crippen LogP contribution in [0.3, 0.4) is 0 Å². The number of carboxylic acids is 1. The summed E-state index contributed by atoms with van der Waals surface area (Å²) < 4.78 is 14.5. The molecule has 0 saturated carbocycles. The van der Waals surface area contributed by atoms with Gasteiger partial charge in [-0.1, -0.05) is 24.3 Å². The van der Waals surface area contributed by atoms with E-state index in [1.807, 2.05) is 0 Å². The summed E-state index contributed by atoms with van der Waals surface area (Å²) in [5, 5.41) is 10.2. The molecule has 2 heterocycles. The molecule has 0 bridgehead atoms. The van der Waals surface area contributed by atoms with Crippen LogP contribution in [0.2, 0.25) is 0 Å². The smallest absolute Gasteiger partial charge is 0.328 e. The van der Waals surface area contributed by atoms with E-state index in [4.69, 9.17) is 0 Å². The van der Waals surface area contributed by atoms with Crippen LogP contribution in [0.5, 0.6) is 0 Å². The zero-order valence-corrected chi connectivity index (χ0v) is 17.7. The van der Waals surface area contributed by atoms with Gasteiger partial charge in [-0.05, 0) is 68.1 Å². The Morgan fingerprint density at radius 3 is 2.53 bits per heavy atom. The molecule has 2 N–H and O–H groups in total. The topological polar surface area (TPSA) is 95.4 Å². The monoisotopic (exact) mass is 439 g/mol. The SMILES string of the molecule is O=C(O)C1CN(CCCCn2c(=O)[nH]c3ccccc3c2=O)CCC1c1ccc(F)cc1. The third-order valence-electron chi connectivity index (χ3n) is 6.31. The fourth-order valence-corrected chi connectivity index (χ4v) is 4.59. The average molecular weight is 439 g/mol. The molecule has 1 saturated heterocycles. The summed E-state index contributed by atoms with van der Waals surface area (Å²) in [5.74, 6) is -1.88. The molecule has 0 radical (unpaired) electrons. The standard InChI is InChI=1S/C24H26FN3O4/c25-17-9-7-16(8-10-17)18-11-14-27(15-20(18)23(30)31)12-3-4-13-28-22(29)19-5-1-2-6-21(19)26-24(28)32/h1-2,5-10,18,20H,3-4,11-15H2,(H,26,32)(H,30,31). The summed E-state index contributed by atoms with van der Waals surface area (Å²) in [6.45, 7) is 2.18. The highest BCUT2D eigenvalue weighted by atomic mass is 19.1. The maximum atomic E-state index is 13.2. The number of hydrogen-bond acceptors (Lipinski definition) is 4. The number of aliphatic carboxylic acids is 1. The third-order valence-corrected chi connectivity index (χ3v) is 6.31. The maximum absolute atomic E-state index is 13.2. The van der Waals surface area contributed by atoms with Crippen molar-refractivity contribution in [2.45, 2.75) is 31.7 Å². The Bertz CT molecular complexity index is 1220. The van der Waals surface area contributed by atoms with E-state index < -0.39 is 17.6 Å². The van der Waals surface area contributed by atoms with Crippen LogP contribution in [-0.2, 0) is 11.3 Å². The van der Waals surface area contributed by atoms with Crippen LogP contribution in [-0.4, -0.2) is 45.2 Å². The molecule has 0 aliphatic carbocycles. The largest absolute Gasteiger partial charge is 0.481 e. The number of carboxylic acid groups (broad SMARTS) is 1. The van der Waals surface area contributed by atoms with Crippen LogP contribution in [0.25, 0.3) is 10.9 Å². The summed E-state index contributed by atoms with van der Waals surface area (Å²) in [5.41, 5.74) is 0.672. The van der Waals surface area contributed by atoms with Gasteiger partial charge in [-0.15, -0.1) is 0 Å². The molecule has 3 aromatic rings. The number of likely N-dealkylation sites (tertiary alicyclic amines) is 1. The van der Waals surface area contributed by atoms with Gasteiger partial charge in [0.1, 0.15) is 5.82 Å². The lowest BCUT2D eigenvalue weighted by Crippen LogP contribution is -2.43. The molecular formula is C24H26FN3O4. The minimum atomic E-state index is -0.849. The molecule has 7 nitrogen and oxygen atoms in total. The van der Waals surface area contributed by atoms with E-state index in [2.05, 4.69) is 9.88 Å². The molecule has 1 fully saturated rings. The highest BCUT2D eigenvalue weighted by molar-refractivity contribution is 5.76. The molecule has 2 aromatic carbocycles. The first-order valence-electron chi connectivity index (χ1n) is 10.9. The minimum absolute atomic E-state index is 0.140. The van der Waals surface area contributed by atoms with Gasteiger partial charge in [0.25, 0.3) is 5.56 Å². The molecule has 8 heteroatoms. The van der Waals surface area contributed by atoms with Crippen molar-refractivity contribution in [2.75, 3.05) is 19.6 Å². The quantitative estimate of drug-likeness (QED) is 0.552. The van der Waals surface area contributed by atoms with Crippen molar-refractivity contribution in [3.05, 3.63) is 80.7 Å². The summed E-state index contributed by atoms with van der Waals surface area (Å²) in [6.07, 6.45) is 2.07. The second kappa shape index (κ2) is 9.48. The maximum Gasteiger partial charge on any atom is 0.328 e. The first-order valence-corrected chi connectivity index (χ1v) is 10.9. The van der Waals surface area contributed by atoms with E-state index >= 15 is 0 Å². The summed E-state index contributed by atoms with van der Waals surface area (Å²) in [6, 6.07) is 13.0. The Morgan fingerprint density at radius 1 is 1.06 bits per heavy atom. The van der Waals surface area contributed by atoms with E-state index in [0.29, 0.717) is 43.4 Å². The number of aromatic amines is 1. The Hall–Kier alpha value is -3.26. The third kappa shape index (κ3) is 4.65. The van der Waals surface area contributed by atoms with Crippen molar-refractivity contribution in [3.8, 4) is 0 Å². The van der Waals surface area contributed by atoms with E-state index in [-0.39, 0.29) is 17.3 Å². The summed E-state index contributed by atoms with van der Waals surface area (Å²) in [7, 11) is 0. The van der Waals surface area contributed by atoms with Gasteiger partial charge in [0, 0.05) is 13.1 Å². The molecule has 0 spiro atoms. The lowest BCUT2D eigenvalue weighted by Gasteiger charge is -2.36. The minimum Gasteiger partial charge on any atom is -0.481 e. The van der Waals surface area contributed by atoms with Crippen LogP contribution >= 0.6 is 0 Å². The van der Waals surface area contributed by atoms with Crippen LogP contribution in [0, 0.1) is 11.7 Å².